The second kappa shape index (κ2) is 7.68. The van der Waals surface area contributed by atoms with Gasteiger partial charge in [0.2, 0.25) is 0 Å². The van der Waals surface area contributed by atoms with Crippen LogP contribution in [0.3, 0.4) is 0 Å². The van der Waals surface area contributed by atoms with Crippen LogP contribution in [0.5, 0.6) is 5.75 Å². The highest BCUT2D eigenvalue weighted by Crippen LogP contribution is 2.19. The van der Waals surface area contributed by atoms with E-state index in [1.54, 1.807) is 18.2 Å². The summed E-state index contributed by atoms with van der Waals surface area (Å²) < 4.78 is 18.7. The van der Waals surface area contributed by atoms with Crippen LogP contribution in [0.2, 0.25) is 0 Å². The molecule has 0 saturated carbocycles. The second-order valence-corrected chi connectivity index (χ2v) is 4.99. The second-order valence-electron chi connectivity index (χ2n) is 4.99. The minimum atomic E-state index is -0.299. The van der Waals surface area contributed by atoms with E-state index in [0.717, 1.165) is 26.1 Å². The van der Waals surface area contributed by atoms with E-state index in [-0.39, 0.29) is 24.3 Å². The van der Waals surface area contributed by atoms with Crippen molar-refractivity contribution in [2.45, 2.75) is 19.4 Å². The normalized spacial score (nSPS) is 20.9. The summed E-state index contributed by atoms with van der Waals surface area (Å²) in [6, 6.07) is 6.76. The van der Waals surface area contributed by atoms with Crippen molar-refractivity contribution in [3.05, 3.63) is 30.1 Å². The molecule has 2 N–H and O–H groups in total. The molecule has 0 amide bonds. The van der Waals surface area contributed by atoms with Gasteiger partial charge in [0.1, 0.15) is 6.61 Å². The number of hydrogen-bond acceptors (Lipinski definition) is 3. The summed E-state index contributed by atoms with van der Waals surface area (Å²) in [6.07, 6.45) is 1.15. The number of para-hydroxylation sites is 1. The first kappa shape index (κ1) is 16.2. The van der Waals surface area contributed by atoms with Gasteiger partial charge in [0, 0.05) is 19.1 Å². The molecule has 2 unspecified atom stereocenters. The Hall–Kier alpha value is -0.840. The first-order valence-electron chi connectivity index (χ1n) is 6.52. The van der Waals surface area contributed by atoms with E-state index < -0.39 is 0 Å². The number of hydrogen-bond donors (Lipinski definition) is 1. The smallest absolute Gasteiger partial charge is 0.165 e. The maximum Gasteiger partial charge on any atom is 0.165 e. The van der Waals surface area contributed by atoms with Gasteiger partial charge >= 0.3 is 0 Å². The van der Waals surface area contributed by atoms with E-state index in [9.17, 15) is 4.39 Å². The van der Waals surface area contributed by atoms with E-state index >= 15 is 0 Å². The maximum absolute atomic E-state index is 13.3. The van der Waals surface area contributed by atoms with Crippen LogP contribution in [-0.2, 0) is 0 Å². The van der Waals surface area contributed by atoms with Crippen molar-refractivity contribution < 1.29 is 9.13 Å². The van der Waals surface area contributed by atoms with Crippen molar-refractivity contribution in [1.29, 1.82) is 0 Å². The van der Waals surface area contributed by atoms with Gasteiger partial charge < -0.3 is 10.5 Å². The molecule has 0 aromatic heterocycles. The third-order valence-corrected chi connectivity index (χ3v) is 3.55. The minimum absolute atomic E-state index is 0. The Bertz CT molecular complexity index is 389. The molecular formula is C14H22ClFN2O. The lowest BCUT2D eigenvalue weighted by Crippen LogP contribution is -2.31. The number of nitrogens with two attached hydrogens (primary N) is 1. The van der Waals surface area contributed by atoms with Gasteiger partial charge in [0.05, 0.1) is 0 Å². The van der Waals surface area contributed by atoms with Gasteiger partial charge in [-0.25, -0.2) is 4.39 Å². The number of ether oxygens (including phenoxy) is 1. The van der Waals surface area contributed by atoms with E-state index in [0.29, 0.717) is 18.3 Å². The molecule has 5 heteroatoms. The lowest BCUT2D eigenvalue weighted by atomic mass is 10.0. The van der Waals surface area contributed by atoms with E-state index in [2.05, 4.69) is 11.8 Å². The highest BCUT2D eigenvalue weighted by atomic mass is 35.5. The van der Waals surface area contributed by atoms with Gasteiger partial charge in [-0.2, -0.15) is 0 Å². The van der Waals surface area contributed by atoms with Gasteiger partial charge in [-0.3, -0.25) is 4.90 Å². The monoisotopic (exact) mass is 288 g/mol. The van der Waals surface area contributed by atoms with Gasteiger partial charge in [-0.15, -0.1) is 12.4 Å². The fraction of sp³-hybridized carbons (Fsp3) is 0.571. The SMILES string of the molecule is CC(N)C1CCN(CCOc2ccccc2F)C1.Cl. The Morgan fingerprint density at radius 2 is 2.21 bits per heavy atom. The molecule has 2 rings (SSSR count). The van der Waals surface area contributed by atoms with Crippen LogP contribution in [0, 0.1) is 11.7 Å². The molecule has 1 saturated heterocycles. The molecule has 2 atom stereocenters. The Kier molecular flexibility index (Phi) is 6.55. The predicted molar refractivity (Wildman–Crippen MR) is 77.3 cm³/mol. The lowest BCUT2D eigenvalue weighted by molar-refractivity contribution is 0.225. The fourth-order valence-electron chi connectivity index (χ4n) is 2.34. The van der Waals surface area contributed by atoms with Crippen LogP contribution < -0.4 is 10.5 Å². The molecule has 3 nitrogen and oxygen atoms in total. The largest absolute Gasteiger partial charge is 0.489 e. The standard InChI is InChI=1S/C14H21FN2O.ClH/c1-11(16)12-6-7-17(10-12)8-9-18-14-5-3-2-4-13(14)15;/h2-5,11-12H,6-10,16H2,1H3;1H. The Morgan fingerprint density at radius 1 is 1.47 bits per heavy atom. The average molecular weight is 289 g/mol. The van der Waals surface area contributed by atoms with Gasteiger partial charge in [0.25, 0.3) is 0 Å². The van der Waals surface area contributed by atoms with Gasteiger partial charge in [0.15, 0.2) is 11.6 Å². The Morgan fingerprint density at radius 3 is 2.84 bits per heavy atom. The zero-order valence-corrected chi connectivity index (χ0v) is 12.0. The first-order valence-corrected chi connectivity index (χ1v) is 6.52. The molecular weight excluding hydrogens is 267 g/mol. The predicted octanol–water partition coefficient (Wildman–Crippen LogP) is 2.30. The van der Waals surface area contributed by atoms with E-state index in [1.807, 2.05) is 0 Å². The first-order chi connectivity index (χ1) is 8.66. The van der Waals surface area contributed by atoms with Crippen LogP contribution in [0.4, 0.5) is 4.39 Å². The van der Waals surface area contributed by atoms with Crippen molar-refractivity contribution in [1.82, 2.24) is 4.90 Å². The quantitative estimate of drug-likeness (QED) is 0.903. The third kappa shape index (κ3) is 4.64. The molecule has 1 aliphatic rings. The highest BCUT2D eigenvalue weighted by molar-refractivity contribution is 5.85. The average Bonchev–Trinajstić information content (AvgIpc) is 2.80. The van der Waals surface area contributed by atoms with E-state index in [1.165, 1.54) is 6.07 Å². The van der Waals surface area contributed by atoms with Crippen LogP contribution in [0.1, 0.15) is 13.3 Å². The zero-order chi connectivity index (χ0) is 13.0. The van der Waals surface area contributed by atoms with Crippen molar-refractivity contribution in [3.63, 3.8) is 0 Å². The molecule has 1 heterocycles. The van der Waals surface area contributed by atoms with Crippen molar-refractivity contribution in [3.8, 4) is 5.75 Å². The van der Waals surface area contributed by atoms with Gasteiger partial charge in [-0.1, -0.05) is 12.1 Å². The van der Waals surface area contributed by atoms with Crippen molar-refractivity contribution in [2.75, 3.05) is 26.2 Å². The van der Waals surface area contributed by atoms with Crippen LogP contribution in [0.15, 0.2) is 24.3 Å². The van der Waals surface area contributed by atoms with Crippen LogP contribution in [-0.4, -0.2) is 37.2 Å². The summed E-state index contributed by atoms with van der Waals surface area (Å²) in [4.78, 5) is 2.33. The summed E-state index contributed by atoms with van der Waals surface area (Å²) >= 11 is 0. The van der Waals surface area contributed by atoms with Crippen LogP contribution >= 0.6 is 12.4 Å². The Labute approximate surface area is 120 Å². The maximum atomic E-state index is 13.3. The van der Waals surface area contributed by atoms with E-state index in [4.69, 9.17) is 10.5 Å². The molecule has 1 fully saturated rings. The minimum Gasteiger partial charge on any atom is -0.489 e. The number of rotatable bonds is 5. The summed E-state index contributed by atoms with van der Waals surface area (Å²) in [7, 11) is 0. The number of likely N-dealkylation sites (tertiary alicyclic amines) is 1. The van der Waals surface area contributed by atoms with Crippen molar-refractivity contribution >= 4 is 12.4 Å². The molecule has 0 radical (unpaired) electrons. The lowest BCUT2D eigenvalue weighted by Gasteiger charge is -2.18. The number of benzene rings is 1. The molecule has 19 heavy (non-hydrogen) atoms. The van der Waals surface area contributed by atoms with Crippen LogP contribution in [0.25, 0.3) is 0 Å². The number of nitrogens with zero attached hydrogens (tertiary/aromatic N) is 1. The summed E-state index contributed by atoms with van der Waals surface area (Å²) in [5.41, 5.74) is 5.89. The Balaban J connectivity index is 0.00000180. The molecule has 1 aliphatic heterocycles. The van der Waals surface area contributed by atoms with Crippen molar-refractivity contribution in [2.24, 2.45) is 11.7 Å². The topological polar surface area (TPSA) is 38.5 Å². The zero-order valence-electron chi connectivity index (χ0n) is 11.2. The molecule has 0 aliphatic carbocycles. The molecule has 108 valence electrons. The fourth-order valence-corrected chi connectivity index (χ4v) is 2.34. The summed E-state index contributed by atoms with van der Waals surface area (Å²) in [5, 5.41) is 0. The third-order valence-electron chi connectivity index (χ3n) is 3.55. The van der Waals surface area contributed by atoms with Gasteiger partial charge in [-0.05, 0) is 37.9 Å². The molecule has 1 aromatic carbocycles. The summed E-state index contributed by atoms with van der Waals surface area (Å²) in [5.74, 6) is 0.617. The molecule has 1 aromatic rings. The highest BCUT2D eigenvalue weighted by Gasteiger charge is 2.24. The molecule has 0 spiro atoms. The number of halogens is 2. The summed E-state index contributed by atoms with van der Waals surface area (Å²) in [6.45, 7) is 5.50. The molecule has 0 bridgehead atoms.